The van der Waals surface area contributed by atoms with Crippen molar-refractivity contribution in [1.29, 1.82) is 0 Å². The summed E-state index contributed by atoms with van der Waals surface area (Å²) in [6, 6.07) is 0. The van der Waals surface area contributed by atoms with Gasteiger partial charge in [-0.2, -0.15) is 0 Å². The van der Waals surface area contributed by atoms with Gasteiger partial charge in [-0.3, -0.25) is 9.69 Å². The Hall–Kier alpha value is -0.610. The summed E-state index contributed by atoms with van der Waals surface area (Å²) in [5, 5.41) is 9.85. The van der Waals surface area contributed by atoms with E-state index < -0.39 is 0 Å². The van der Waals surface area contributed by atoms with E-state index in [1.165, 1.54) is 0 Å². The van der Waals surface area contributed by atoms with Crippen molar-refractivity contribution >= 4 is 5.97 Å². The van der Waals surface area contributed by atoms with Crippen LogP contribution in [0.3, 0.4) is 0 Å². The first-order chi connectivity index (χ1) is 8.04. The van der Waals surface area contributed by atoms with Crippen LogP contribution >= 0.6 is 0 Å². The Kier molecular flexibility index (Phi) is 5.92. The average Bonchev–Trinajstić information content (AvgIpc) is 2.29. The molecule has 0 saturated carbocycles. The van der Waals surface area contributed by atoms with Crippen LogP contribution in [0.5, 0.6) is 0 Å². The molecule has 1 saturated heterocycles. The fourth-order valence-electron chi connectivity index (χ4n) is 2.15. The molecular formula is C13H25NO3. The van der Waals surface area contributed by atoms with Crippen molar-refractivity contribution in [2.24, 2.45) is 11.8 Å². The predicted molar refractivity (Wildman–Crippen MR) is 66.6 cm³/mol. The van der Waals surface area contributed by atoms with Crippen LogP contribution in [0.2, 0.25) is 0 Å². The molecule has 0 amide bonds. The molecule has 0 aromatic heterocycles. The first-order valence-corrected chi connectivity index (χ1v) is 6.61. The maximum Gasteiger partial charge on any atom is 0.310 e. The van der Waals surface area contributed by atoms with Crippen LogP contribution < -0.4 is 0 Å². The Morgan fingerprint density at radius 2 is 2.24 bits per heavy atom. The van der Waals surface area contributed by atoms with Gasteiger partial charge < -0.3 is 9.84 Å². The highest BCUT2D eigenvalue weighted by atomic mass is 16.5. The van der Waals surface area contributed by atoms with E-state index in [-0.39, 0.29) is 23.9 Å². The Labute approximate surface area is 104 Å². The summed E-state index contributed by atoms with van der Waals surface area (Å²) >= 11 is 0. The Morgan fingerprint density at radius 3 is 2.82 bits per heavy atom. The molecule has 0 spiro atoms. The predicted octanol–water partition coefficient (Wildman–Crippen LogP) is 1.28. The summed E-state index contributed by atoms with van der Waals surface area (Å²) in [5.74, 6) is 0.164. The molecule has 1 N–H and O–H groups in total. The lowest BCUT2D eigenvalue weighted by atomic mass is 9.97. The zero-order valence-electron chi connectivity index (χ0n) is 11.2. The average molecular weight is 243 g/mol. The second-order valence-corrected chi connectivity index (χ2v) is 5.16. The van der Waals surface area contributed by atoms with Gasteiger partial charge in [0.1, 0.15) is 0 Å². The summed E-state index contributed by atoms with van der Waals surface area (Å²) in [6.07, 6.45) is 1.61. The second kappa shape index (κ2) is 6.97. The standard InChI is InChI=1S/C13H25NO3/c1-4-17-13(16)11-6-5-7-14(8-11)9-12(15)10(2)3/h10-12,15H,4-9H2,1-3H3. The fraction of sp³-hybridized carbons (Fsp3) is 0.923. The number of ether oxygens (including phenoxy) is 1. The van der Waals surface area contributed by atoms with Gasteiger partial charge in [-0.05, 0) is 32.2 Å². The van der Waals surface area contributed by atoms with Gasteiger partial charge in [0.05, 0.1) is 18.6 Å². The molecule has 4 heteroatoms. The van der Waals surface area contributed by atoms with Gasteiger partial charge in [0.15, 0.2) is 0 Å². The molecule has 4 nitrogen and oxygen atoms in total. The Morgan fingerprint density at radius 1 is 1.53 bits per heavy atom. The van der Waals surface area contributed by atoms with Gasteiger partial charge in [-0.1, -0.05) is 13.8 Å². The molecule has 1 fully saturated rings. The van der Waals surface area contributed by atoms with E-state index in [1.807, 2.05) is 20.8 Å². The third kappa shape index (κ3) is 4.64. The second-order valence-electron chi connectivity index (χ2n) is 5.16. The lowest BCUT2D eigenvalue weighted by molar-refractivity contribution is -0.150. The summed E-state index contributed by atoms with van der Waals surface area (Å²) in [4.78, 5) is 13.8. The van der Waals surface area contributed by atoms with E-state index >= 15 is 0 Å². The highest BCUT2D eigenvalue weighted by Crippen LogP contribution is 2.19. The number of carbonyl (C=O) groups is 1. The molecule has 1 aliphatic heterocycles. The molecule has 0 aromatic carbocycles. The van der Waals surface area contributed by atoms with Crippen LogP contribution in [0, 0.1) is 11.8 Å². The van der Waals surface area contributed by atoms with Gasteiger partial charge in [0.2, 0.25) is 0 Å². The highest BCUT2D eigenvalue weighted by Gasteiger charge is 2.28. The Bertz CT molecular complexity index is 243. The lowest BCUT2D eigenvalue weighted by Gasteiger charge is -2.33. The minimum Gasteiger partial charge on any atom is -0.466 e. The third-order valence-corrected chi connectivity index (χ3v) is 3.34. The van der Waals surface area contributed by atoms with E-state index in [2.05, 4.69) is 4.90 Å². The summed E-state index contributed by atoms with van der Waals surface area (Å²) in [6.45, 7) is 8.66. The number of piperidine rings is 1. The smallest absolute Gasteiger partial charge is 0.310 e. The van der Waals surface area contributed by atoms with Crippen molar-refractivity contribution in [2.45, 2.75) is 39.7 Å². The normalized spacial score (nSPS) is 23.7. The topological polar surface area (TPSA) is 49.8 Å². The van der Waals surface area contributed by atoms with Gasteiger partial charge >= 0.3 is 5.97 Å². The minimum atomic E-state index is -0.309. The number of esters is 1. The lowest BCUT2D eigenvalue weighted by Crippen LogP contribution is -2.43. The number of carbonyl (C=O) groups excluding carboxylic acids is 1. The van der Waals surface area contributed by atoms with E-state index in [0.29, 0.717) is 13.2 Å². The summed E-state index contributed by atoms with van der Waals surface area (Å²) in [5.41, 5.74) is 0. The largest absolute Gasteiger partial charge is 0.466 e. The van der Waals surface area contributed by atoms with Gasteiger partial charge in [-0.25, -0.2) is 0 Å². The number of hydrogen-bond acceptors (Lipinski definition) is 4. The highest BCUT2D eigenvalue weighted by molar-refractivity contribution is 5.72. The molecule has 17 heavy (non-hydrogen) atoms. The molecule has 100 valence electrons. The number of rotatable bonds is 5. The molecular weight excluding hydrogens is 218 g/mol. The zero-order chi connectivity index (χ0) is 12.8. The van der Waals surface area contributed by atoms with Crippen LogP contribution in [-0.2, 0) is 9.53 Å². The third-order valence-electron chi connectivity index (χ3n) is 3.34. The van der Waals surface area contributed by atoms with Crippen LogP contribution in [-0.4, -0.2) is 48.3 Å². The van der Waals surface area contributed by atoms with E-state index in [9.17, 15) is 9.90 Å². The summed E-state index contributed by atoms with van der Waals surface area (Å²) < 4.78 is 5.05. The maximum atomic E-state index is 11.7. The molecule has 0 radical (unpaired) electrons. The van der Waals surface area contributed by atoms with Crippen LogP contribution in [0.15, 0.2) is 0 Å². The molecule has 0 bridgehead atoms. The van der Waals surface area contributed by atoms with Crippen LogP contribution in [0.1, 0.15) is 33.6 Å². The molecule has 0 aliphatic carbocycles. The molecule has 0 aromatic rings. The monoisotopic (exact) mass is 243 g/mol. The first-order valence-electron chi connectivity index (χ1n) is 6.61. The van der Waals surface area contributed by atoms with Gasteiger partial charge in [0.25, 0.3) is 0 Å². The number of nitrogens with zero attached hydrogens (tertiary/aromatic N) is 1. The summed E-state index contributed by atoms with van der Waals surface area (Å²) in [7, 11) is 0. The molecule has 1 heterocycles. The number of aliphatic hydroxyl groups is 1. The number of aliphatic hydroxyl groups excluding tert-OH is 1. The molecule has 1 aliphatic rings. The Balaban J connectivity index is 2.41. The maximum absolute atomic E-state index is 11.7. The van der Waals surface area contributed by atoms with E-state index in [0.717, 1.165) is 25.9 Å². The van der Waals surface area contributed by atoms with Gasteiger partial charge in [-0.15, -0.1) is 0 Å². The van der Waals surface area contributed by atoms with Crippen molar-refractivity contribution in [3.63, 3.8) is 0 Å². The molecule has 2 atom stereocenters. The van der Waals surface area contributed by atoms with Crippen LogP contribution in [0.4, 0.5) is 0 Å². The fourth-order valence-corrected chi connectivity index (χ4v) is 2.15. The molecule has 1 rings (SSSR count). The van der Waals surface area contributed by atoms with Gasteiger partial charge in [0, 0.05) is 13.1 Å². The minimum absolute atomic E-state index is 0.0111. The van der Waals surface area contributed by atoms with Crippen molar-refractivity contribution in [3.8, 4) is 0 Å². The number of likely N-dealkylation sites (tertiary alicyclic amines) is 1. The van der Waals surface area contributed by atoms with Crippen LogP contribution in [0.25, 0.3) is 0 Å². The van der Waals surface area contributed by atoms with E-state index in [1.54, 1.807) is 0 Å². The van der Waals surface area contributed by atoms with E-state index in [4.69, 9.17) is 4.74 Å². The van der Waals surface area contributed by atoms with Crippen molar-refractivity contribution < 1.29 is 14.6 Å². The SMILES string of the molecule is CCOC(=O)C1CCCN(CC(O)C(C)C)C1. The zero-order valence-corrected chi connectivity index (χ0v) is 11.2. The number of β-amino-alcohol motifs (C(OH)–C–C–N with tert-alkyl or cyclic N) is 1. The van der Waals surface area contributed by atoms with Crippen molar-refractivity contribution in [3.05, 3.63) is 0 Å². The van der Waals surface area contributed by atoms with Crippen molar-refractivity contribution in [2.75, 3.05) is 26.2 Å². The first kappa shape index (κ1) is 14.5. The quantitative estimate of drug-likeness (QED) is 0.739. The molecule has 2 unspecified atom stereocenters. The number of hydrogen-bond donors (Lipinski definition) is 1. The van der Waals surface area contributed by atoms with Crippen molar-refractivity contribution in [1.82, 2.24) is 4.90 Å².